The maximum Gasteiger partial charge on any atom is 0.0476 e. The summed E-state index contributed by atoms with van der Waals surface area (Å²) in [6, 6.07) is 13.2. The minimum atomic E-state index is 0.582. The average Bonchev–Trinajstić information content (AvgIpc) is 3.35. The van der Waals surface area contributed by atoms with Gasteiger partial charge in [0.15, 0.2) is 0 Å². The summed E-state index contributed by atoms with van der Waals surface area (Å²) in [6.45, 7) is 4.67. The zero-order valence-electron chi connectivity index (χ0n) is 12.5. The summed E-state index contributed by atoms with van der Waals surface area (Å²) in [5.74, 6) is 2.00. The molecule has 4 rings (SSSR count). The molecule has 2 saturated carbocycles. The third-order valence-corrected chi connectivity index (χ3v) is 5.32. The van der Waals surface area contributed by atoms with Gasteiger partial charge in [-0.1, -0.05) is 30.3 Å². The first-order valence-electron chi connectivity index (χ1n) is 8.37. The van der Waals surface area contributed by atoms with Crippen LogP contribution >= 0.6 is 0 Å². The quantitative estimate of drug-likeness (QED) is 0.904. The van der Waals surface area contributed by atoms with E-state index in [0.29, 0.717) is 12.1 Å². The number of hydrogen-bond acceptors (Lipinski definition) is 2. The zero-order chi connectivity index (χ0) is 13.5. The van der Waals surface area contributed by atoms with Crippen molar-refractivity contribution >= 4 is 0 Å². The lowest BCUT2D eigenvalue weighted by molar-refractivity contribution is 0.0615. The van der Waals surface area contributed by atoms with Gasteiger partial charge in [0.05, 0.1) is 0 Å². The van der Waals surface area contributed by atoms with Gasteiger partial charge in [0.1, 0.15) is 0 Å². The standard InChI is InChI=1S/C18H26N2/c1-13-12-20(18(15-7-8-15)16-9-10-16)17(11-19-13)14-5-3-2-4-6-14/h2-6,13,15-19H,7-12H2,1H3. The fourth-order valence-corrected chi connectivity index (χ4v) is 4.05. The van der Waals surface area contributed by atoms with Crippen molar-refractivity contribution < 1.29 is 0 Å². The molecule has 20 heavy (non-hydrogen) atoms. The maximum absolute atomic E-state index is 3.69. The van der Waals surface area contributed by atoms with Crippen molar-refractivity contribution in [1.29, 1.82) is 0 Å². The number of benzene rings is 1. The molecule has 1 heterocycles. The number of hydrogen-bond donors (Lipinski definition) is 1. The summed E-state index contributed by atoms with van der Waals surface area (Å²) in [7, 11) is 0. The predicted molar refractivity (Wildman–Crippen MR) is 82.6 cm³/mol. The summed E-state index contributed by atoms with van der Waals surface area (Å²) >= 11 is 0. The predicted octanol–water partition coefficient (Wildman–Crippen LogP) is 3.21. The monoisotopic (exact) mass is 270 g/mol. The Hall–Kier alpha value is -0.860. The van der Waals surface area contributed by atoms with E-state index in [1.807, 2.05) is 0 Å². The number of nitrogens with one attached hydrogen (secondary N) is 1. The highest BCUT2D eigenvalue weighted by Gasteiger charge is 2.47. The molecule has 0 radical (unpaired) electrons. The second-order valence-corrected chi connectivity index (χ2v) is 7.10. The molecular weight excluding hydrogens is 244 g/mol. The van der Waals surface area contributed by atoms with Crippen molar-refractivity contribution in [3.8, 4) is 0 Å². The summed E-state index contributed by atoms with van der Waals surface area (Å²) in [4.78, 5) is 2.87. The van der Waals surface area contributed by atoms with Crippen molar-refractivity contribution in [2.45, 2.75) is 50.7 Å². The van der Waals surface area contributed by atoms with Gasteiger partial charge < -0.3 is 5.32 Å². The molecule has 0 aromatic heterocycles. The molecule has 1 aromatic carbocycles. The molecule has 0 amide bonds. The number of nitrogens with zero attached hydrogens (tertiary/aromatic N) is 1. The van der Waals surface area contributed by atoms with Crippen LogP contribution in [0.25, 0.3) is 0 Å². The average molecular weight is 270 g/mol. The molecule has 2 aliphatic carbocycles. The van der Waals surface area contributed by atoms with Gasteiger partial charge in [-0.05, 0) is 50.0 Å². The number of piperazine rings is 1. The van der Waals surface area contributed by atoms with Crippen molar-refractivity contribution in [3.05, 3.63) is 35.9 Å². The highest BCUT2D eigenvalue weighted by molar-refractivity contribution is 5.21. The van der Waals surface area contributed by atoms with Gasteiger partial charge in [-0.15, -0.1) is 0 Å². The first-order chi connectivity index (χ1) is 9.83. The van der Waals surface area contributed by atoms with E-state index in [1.54, 1.807) is 0 Å². The van der Waals surface area contributed by atoms with E-state index in [-0.39, 0.29) is 0 Å². The fraction of sp³-hybridized carbons (Fsp3) is 0.667. The van der Waals surface area contributed by atoms with E-state index in [2.05, 4.69) is 47.5 Å². The van der Waals surface area contributed by atoms with Crippen LogP contribution in [0.15, 0.2) is 30.3 Å². The molecule has 108 valence electrons. The van der Waals surface area contributed by atoms with Crippen molar-refractivity contribution in [2.24, 2.45) is 11.8 Å². The SMILES string of the molecule is CC1CN(C(C2CC2)C2CC2)C(c2ccccc2)CN1. The Kier molecular flexibility index (Phi) is 3.31. The van der Waals surface area contributed by atoms with Crippen LogP contribution in [-0.2, 0) is 0 Å². The molecule has 1 saturated heterocycles. The van der Waals surface area contributed by atoms with E-state index in [0.717, 1.165) is 24.4 Å². The Balaban J connectivity index is 1.61. The van der Waals surface area contributed by atoms with Gasteiger partial charge in [-0.25, -0.2) is 0 Å². The van der Waals surface area contributed by atoms with Gasteiger partial charge in [-0.2, -0.15) is 0 Å². The molecule has 3 fully saturated rings. The van der Waals surface area contributed by atoms with Crippen LogP contribution in [-0.4, -0.2) is 30.1 Å². The lowest BCUT2D eigenvalue weighted by Gasteiger charge is -2.45. The molecule has 0 bridgehead atoms. The van der Waals surface area contributed by atoms with E-state index in [4.69, 9.17) is 0 Å². The maximum atomic E-state index is 3.69. The minimum Gasteiger partial charge on any atom is -0.311 e. The highest BCUT2D eigenvalue weighted by Crippen LogP contribution is 2.49. The largest absolute Gasteiger partial charge is 0.311 e. The molecule has 3 aliphatic rings. The second-order valence-electron chi connectivity index (χ2n) is 7.10. The van der Waals surface area contributed by atoms with Gasteiger partial charge in [0, 0.05) is 31.2 Å². The van der Waals surface area contributed by atoms with E-state index in [1.165, 1.54) is 37.8 Å². The lowest BCUT2D eigenvalue weighted by atomic mass is 9.95. The van der Waals surface area contributed by atoms with Crippen LogP contribution in [0.1, 0.15) is 44.2 Å². The summed E-state index contributed by atoms with van der Waals surface area (Å²) in [6.07, 6.45) is 5.89. The summed E-state index contributed by atoms with van der Waals surface area (Å²) in [5.41, 5.74) is 1.50. The van der Waals surface area contributed by atoms with Crippen LogP contribution in [0.5, 0.6) is 0 Å². The molecule has 1 aliphatic heterocycles. The second kappa shape index (κ2) is 5.16. The molecule has 1 N–H and O–H groups in total. The Labute approximate surface area is 122 Å². The molecule has 2 unspecified atom stereocenters. The Morgan fingerprint density at radius 2 is 1.70 bits per heavy atom. The fourth-order valence-electron chi connectivity index (χ4n) is 4.05. The van der Waals surface area contributed by atoms with Crippen LogP contribution < -0.4 is 5.32 Å². The van der Waals surface area contributed by atoms with Crippen LogP contribution in [0, 0.1) is 11.8 Å². The van der Waals surface area contributed by atoms with E-state index < -0.39 is 0 Å². The normalized spacial score (nSPS) is 31.7. The van der Waals surface area contributed by atoms with Crippen LogP contribution in [0.2, 0.25) is 0 Å². The van der Waals surface area contributed by atoms with Crippen molar-refractivity contribution in [3.63, 3.8) is 0 Å². The third-order valence-electron chi connectivity index (χ3n) is 5.32. The zero-order valence-corrected chi connectivity index (χ0v) is 12.5. The molecule has 1 aromatic rings. The van der Waals surface area contributed by atoms with Crippen molar-refractivity contribution in [1.82, 2.24) is 10.2 Å². The highest BCUT2D eigenvalue weighted by atomic mass is 15.3. The molecule has 2 atom stereocenters. The summed E-state index contributed by atoms with van der Waals surface area (Å²) < 4.78 is 0. The van der Waals surface area contributed by atoms with Crippen LogP contribution in [0.4, 0.5) is 0 Å². The Bertz CT molecular complexity index is 438. The lowest BCUT2D eigenvalue weighted by Crippen LogP contribution is -2.55. The molecule has 2 nitrogen and oxygen atoms in total. The summed E-state index contributed by atoms with van der Waals surface area (Å²) in [5, 5.41) is 3.69. The van der Waals surface area contributed by atoms with Crippen LogP contribution in [0.3, 0.4) is 0 Å². The molecule has 2 heteroatoms. The van der Waals surface area contributed by atoms with Crippen molar-refractivity contribution in [2.75, 3.05) is 13.1 Å². The molecule has 0 spiro atoms. The van der Waals surface area contributed by atoms with E-state index >= 15 is 0 Å². The van der Waals surface area contributed by atoms with Gasteiger partial charge in [0.2, 0.25) is 0 Å². The molecular formula is C18H26N2. The van der Waals surface area contributed by atoms with E-state index in [9.17, 15) is 0 Å². The van der Waals surface area contributed by atoms with Gasteiger partial charge in [0.25, 0.3) is 0 Å². The third kappa shape index (κ3) is 2.51. The topological polar surface area (TPSA) is 15.3 Å². The Morgan fingerprint density at radius 3 is 2.30 bits per heavy atom. The van der Waals surface area contributed by atoms with Gasteiger partial charge >= 0.3 is 0 Å². The Morgan fingerprint density at radius 1 is 1.05 bits per heavy atom. The minimum absolute atomic E-state index is 0.582. The smallest absolute Gasteiger partial charge is 0.0476 e. The first kappa shape index (κ1) is 12.8. The first-order valence-corrected chi connectivity index (χ1v) is 8.37. The number of rotatable bonds is 4. The van der Waals surface area contributed by atoms with Gasteiger partial charge in [-0.3, -0.25) is 4.90 Å².